The second kappa shape index (κ2) is 5.32. The first-order valence-electron chi connectivity index (χ1n) is 5.07. The lowest BCUT2D eigenvalue weighted by Crippen LogP contribution is -2.07. The number of hydrogen-bond donors (Lipinski definition) is 1. The van der Waals surface area contributed by atoms with Gasteiger partial charge in [0.1, 0.15) is 5.75 Å². The van der Waals surface area contributed by atoms with Crippen molar-refractivity contribution >= 4 is 10.1 Å². The van der Waals surface area contributed by atoms with E-state index in [2.05, 4.69) is 0 Å². The molecule has 1 aromatic rings. The van der Waals surface area contributed by atoms with Crippen LogP contribution in [-0.4, -0.2) is 24.8 Å². The van der Waals surface area contributed by atoms with Crippen LogP contribution >= 0.6 is 0 Å². The highest BCUT2D eigenvalue weighted by molar-refractivity contribution is 7.85. The minimum atomic E-state index is -3.88. The molecule has 1 N–H and O–H groups in total. The van der Waals surface area contributed by atoms with Crippen LogP contribution in [0.5, 0.6) is 5.75 Å². The third-order valence-corrected chi connectivity index (χ3v) is 2.66. The maximum atomic E-state index is 10.5. The smallest absolute Gasteiger partial charge is 0.265 e. The Labute approximate surface area is 96.0 Å². The Balaban J connectivity index is 2.58. The van der Waals surface area contributed by atoms with E-state index in [0.29, 0.717) is 6.42 Å². The number of ether oxygens (including phenoxy) is 1. The molecule has 0 saturated heterocycles. The van der Waals surface area contributed by atoms with Gasteiger partial charge in [-0.2, -0.15) is 8.42 Å². The first-order valence-corrected chi connectivity index (χ1v) is 6.68. The summed E-state index contributed by atoms with van der Waals surface area (Å²) in [6.45, 7) is 3.87. The minimum Gasteiger partial charge on any atom is -0.491 e. The summed E-state index contributed by atoms with van der Waals surface area (Å²) in [6, 6.07) is 7.17. The maximum Gasteiger partial charge on any atom is 0.265 e. The molecule has 5 heteroatoms. The molecule has 0 spiro atoms. The molecular formula is C11H16O4S. The quantitative estimate of drug-likeness (QED) is 0.803. The fourth-order valence-corrected chi connectivity index (χ4v) is 1.75. The van der Waals surface area contributed by atoms with Crippen molar-refractivity contribution in [3.8, 4) is 5.75 Å². The Morgan fingerprint density at radius 1 is 1.25 bits per heavy atom. The normalized spacial score (nSPS) is 11.8. The van der Waals surface area contributed by atoms with Crippen molar-refractivity contribution in [3.63, 3.8) is 0 Å². The van der Waals surface area contributed by atoms with Crippen LogP contribution < -0.4 is 4.74 Å². The van der Waals surface area contributed by atoms with Crippen molar-refractivity contribution in [2.75, 3.05) is 5.75 Å². The molecule has 4 nitrogen and oxygen atoms in total. The number of benzene rings is 1. The molecular weight excluding hydrogens is 228 g/mol. The molecule has 0 fully saturated rings. The molecule has 1 rings (SSSR count). The molecule has 1 aromatic carbocycles. The highest BCUT2D eigenvalue weighted by atomic mass is 32.2. The van der Waals surface area contributed by atoms with E-state index < -0.39 is 10.1 Å². The van der Waals surface area contributed by atoms with Gasteiger partial charge in [0, 0.05) is 0 Å². The summed E-state index contributed by atoms with van der Waals surface area (Å²) in [5.41, 5.74) is 0.855. The fraction of sp³-hybridized carbons (Fsp3) is 0.455. The number of rotatable bonds is 5. The Morgan fingerprint density at radius 3 is 2.25 bits per heavy atom. The summed E-state index contributed by atoms with van der Waals surface area (Å²) in [4.78, 5) is 0. The standard InChI is InChI=1S/C11H16O4S/c1-9(2)15-11-5-3-10(4-6-11)7-8-16(12,13)14/h3-6,9H,7-8H2,1-2H3,(H,12,13,14). The van der Waals surface area contributed by atoms with E-state index in [4.69, 9.17) is 9.29 Å². The van der Waals surface area contributed by atoms with E-state index >= 15 is 0 Å². The molecule has 0 aromatic heterocycles. The van der Waals surface area contributed by atoms with Crippen LogP contribution in [0.1, 0.15) is 19.4 Å². The monoisotopic (exact) mass is 244 g/mol. The summed E-state index contributed by atoms with van der Waals surface area (Å²) >= 11 is 0. The maximum absolute atomic E-state index is 10.5. The number of aryl methyl sites for hydroxylation is 1. The summed E-state index contributed by atoms with van der Waals surface area (Å²) in [5.74, 6) is 0.503. The molecule has 0 aliphatic heterocycles. The van der Waals surface area contributed by atoms with Gasteiger partial charge < -0.3 is 4.74 Å². The molecule has 0 aliphatic rings. The average Bonchev–Trinajstić information content (AvgIpc) is 2.14. The number of hydrogen-bond acceptors (Lipinski definition) is 3. The van der Waals surface area contributed by atoms with Gasteiger partial charge in [0.25, 0.3) is 10.1 Å². The molecule has 0 radical (unpaired) electrons. The van der Waals surface area contributed by atoms with Gasteiger partial charge in [-0.25, -0.2) is 0 Å². The predicted octanol–water partition coefficient (Wildman–Crippen LogP) is 1.90. The first-order chi connectivity index (χ1) is 7.37. The Kier molecular flexibility index (Phi) is 4.32. The van der Waals surface area contributed by atoms with Gasteiger partial charge in [0.15, 0.2) is 0 Å². The molecule has 0 amide bonds. The first kappa shape index (κ1) is 13.0. The van der Waals surface area contributed by atoms with Gasteiger partial charge in [-0.1, -0.05) is 12.1 Å². The molecule has 0 bridgehead atoms. The third kappa shape index (κ3) is 5.14. The van der Waals surface area contributed by atoms with Gasteiger partial charge >= 0.3 is 0 Å². The van der Waals surface area contributed by atoms with Crippen molar-refractivity contribution in [2.45, 2.75) is 26.4 Å². The molecule has 16 heavy (non-hydrogen) atoms. The van der Waals surface area contributed by atoms with Crippen LogP contribution in [0, 0.1) is 0 Å². The molecule has 0 aliphatic carbocycles. The van der Waals surface area contributed by atoms with E-state index in [1.54, 1.807) is 24.3 Å². The Morgan fingerprint density at radius 2 is 1.81 bits per heavy atom. The van der Waals surface area contributed by atoms with Crippen molar-refractivity contribution < 1.29 is 17.7 Å². The second-order valence-corrected chi connectivity index (χ2v) is 5.42. The van der Waals surface area contributed by atoms with Crippen LogP contribution in [0.15, 0.2) is 24.3 Å². The van der Waals surface area contributed by atoms with Crippen molar-refractivity contribution in [2.24, 2.45) is 0 Å². The van der Waals surface area contributed by atoms with Crippen LogP contribution in [-0.2, 0) is 16.5 Å². The van der Waals surface area contributed by atoms with Crippen molar-refractivity contribution in [1.29, 1.82) is 0 Å². The molecule has 0 heterocycles. The Bertz CT molecular complexity index is 420. The fourth-order valence-electron chi connectivity index (χ4n) is 1.25. The third-order valence-electron chi connectivity index (χ3n) is 1.94. The van der Waals surface area contributed by atoms with Gasteiger partial charge in [-0.15, -0.1) is 0 Å². The molecule has 0 atom stereocenters. The predicted molar refractivity (Wildman–Crippen MR) is 62.3 cm³/mol. The van der Waals surface area contributed by atoms with E-state index in [-0.39, 0.29) is 11.9 Å². The zero-order valence-electron chi connectivity index (χ0n) is 9.38. The summed E-state index contributed by atoms with van der Waals surface area (Å²) < 4.78 is 35.1. The summed E-state index contributed by atoms with van der Waals surface area (Å²) in [7, 11) is -3.88. The van der Waals surface area contributed by atoms with Gasteiger partial charge in [0.05, 0.1) is 11.9 Å². The zero-order valence-corrected chi connectivity index (χ0v) is 10.2. The van der Waals surface area contributed by atoms with Crippen LogP contribution in [0.25, 0.3) is 0 Å². The lowest BCUT2D eigenvalue weighted by atomic mass is 10.2. The molecule has 0 saturated carbocycles. The molecule has 90 valence electrons. The second-order valence-electron chi connectivity index (χ2n) is 3.85. The SMILES string of the molecule is CC(C)Oc1ccc(CCS(=O)(=O)O)cc1. The van der Waals surface area contributed by atoms with Crippen LogP contribution in [0.3, 0.4) is 0 Å². The van der Waals surface area contributed by atoms with Gasteiger partial charge in [-0.3, -0.25) is 4.55 Å². The topological polar surface area (TPSA) is 63.6 Å². The highest BCUT2D eigenvalue weighted by Gasteiger charge is 2.05. The lowest BCUT2D eigenvalue weighted by molar-refractivity contribution is 0.242. The summed E-state index contributed by atoms with van der Waals surface area (Å²) in [6.07, 6.45) is 0.421. The highest BCUT2D eigenvalue weighted by Crippen LogP contribution is 2.14. The van der Waals surface area contributed by atoms with E-state index in [1.165, 1.54) is 0 Å². The Hall–Kier alpha value is -1.07. The minimum absolute atomic E-state index is 0.115. The van der Waals surface area contributed by atoms with E-state index in [9.17, 15) is 8.42 Å². The van der Waals surface area contributed by atoms with Gasteiger partial charge in [-0.05, 0) is 38.0 Å². The largest absolute Gasteiger partial charge is 0.491 e. The van der Waals surface area contributed by atoms with Crippen LogP contribution in [0.2, 0.25) is 0 Å². The van der Waals surface area contributed by atoms with E-state index in [0.717, 1.165) is 11.3 Å². The zero-order chi connectivity index (χ0) is 12.2. The summed E-state index contributed by atoms with van der Waals surface area (Å²) in [5, 5.41) is 0. The van der Waals surface area contributed by atoms with Crippen molar-refractivity contribution in [1.82, 2.24) is 0 Å². The lowest BCUT2D eigenvalue weighted by Gasteiger charge is -2.09. The average molecular weight is 244 g/mol. The van der Waals surface area contributed by atoms with Gasteiger partial charge in [0.2, 0.25) is 0 Å². The van der Waals surface area contributed by atoms with Crippen molar-refractivity contribution in [3.05, 3.63) is 29.8 Å². The van der Waals surface area contributed by atoms with E-state index in [1.807, 2.05) is 13.8 Å². The van der Waals surface area contributed by atoms with Crippen LogP contribution in [0.4, 0.5) is 0 Å². The molecule has 0 unspecified atom stereocenters.